The minimum absolute atomic E-state index is 0.0327. The molecule has 1 aromatic carbocycles. The predicted octanol–water partition coefficient (Wildman–Crippen LogP) is 1.99. The molecule has 0 fully saturated rings. The monoisotopic (exact) mass is 279 g/mol. The number of carboxylic acid groups (broad SMARTS) is 1. The second-order valence-electron chi connectivity index (χ2n) is 4.69. The molecule has 2 unspecified atom stereocenters. The minimum atomic E-state index is -0.865. The van der Waals surface area contributed by atoms with E-state index in [0.717, 1.165) is 5.56 Å². The van der Waals surface area contributed by atoms with E-state index in [0.29, 0.717) is 13.2 Å². The molecule has 0 heterocycles. The summed E-state index contributed by atoms with van der Waals surface area (Å²) in [5.74, 6) is -1.22. The van der Waals surface area contributed by atoms with Crippen molar-refractivity contribution in [2.45, 2.75) is 26.4 Å². The molecule has 0 spiro atoms. The van der Waals surface area contributed by atoms with Crippen molar-refractivity contribution in [2.24, 2.45) is 5.92 Å². The van der Waals surface area contributed by atoms with E-state index in [4.69, 9.17) is 9.84 Å². The van der Waals surface area contributed by atoms with Crippen molar-refractivity contribution in [3.63, 3.8) is 0 Å². The highest BCUT2D eigenvalue weighted by Crippen LogP contribution is 2.17. The molecule has 0 aliphatic carbocycles. The number of carboxylic acids is 1. The van der Waals surface area contributed by atoms with Gasteiger partial charge in [-0.3, -0.25) is 9.59 Å². The highest BCUT2D eigenvalue weighted by molar-refractivity contribution is 5.82. The van der Waals surface area contributed by atoms with Gasteiger partial charge in [0.05, 0.1) is 0 Å². The van der Waals surface area contributed by atoms with Crippen molar-refractivity contribution < 1.29 is 19.4 Å². The van der Waals surface area contributed by atoms with Crippen LogP contribution in [0.5, 0.6) is 0 Å². The molecule has 110 valence electrons. The SMILES string of the molecule is CCOC(C(=O)NCC(C)CC(=O)O)c1ccccc1. The molecule has 0 aliphatic heterocycles. The number of carbonyl (C=O) groups excluding carboxylic acids is 1. The van der Waals surface area contributed by atoms with Gasteiger partial charge in [-0.25, -0.2) is 0 Å². The smallest absolute Gasteiger partial charge is 0.303 e. The van der Waals surface area contributed by atoms with E-state index in [1.165, 1.54) is 0 Å². The second-order valence-corrected chi connectivity index (χ2v) is 4.69. The Kier molecular flexibility index (Phi) is 6.73. The number of hydrogen-bond acceptors (Lipinski definition) is 3. The fourth-order valence-corrected chi connectivity index (χ4v) is 1.86. The average molecular weight is 279 g/mol. The summed E-state index contributed by atoms with van der Waals surface area (Å²) >= 11 is 0. The topological polar surface area (TPSA) is 75.6 Å². The zero-order chi connectivity index (χ0) is 15.0. The lowest BCUT2D eigenvalue weighted by atomic mass is 10.1. The number of benzene rings is 1. The van der Waals surface area contributed by atoms with Crippen molar-refractivity contribution in [1.82, 2.24) is 5.32 Å². The van der Waals surface area contributed by atoms with Crippen LogP contribution in [-0.2, 0) is 14.3 Å². The number of aliphatic carboxylic acids is 1. The van der Waals surface area contributed by atoms with E-state index in [1.807, 2.05) is 37.3 Å². The highest BCUT2D eigenvalue weighted by atomic mass is 16.5. The molecule has 0 bridgehead atoms. The van der Waals surface area contributed by atoms with Crippen LogP contribution in [0.2, 0.25) is 0 Å². The maximum absolute atomic E-state index is 12.1. The van der Waals surface area contributed by atoms with Crippen molar-refractivity contribution >= 4 is 11.9 Å². The van der Waals surface area contributed by atoms with Crippen LogP contribution in [0.15, 0.2) is 30.3 Å². The lowest BCUT2D eigenvalue weighted by molar-refractivity contribution is -0.138. The Hall–Kier alpha value is -1.88. The van der Waals surface area contributed by atoms with Crippen molar-refractivity contribution in [1.29, 1.82) is 0 Å². The molecule has 5 nitrogen and oxygen atoms in total. The zero-order valence-electron chi connectivity index (χ0n) is 11.8. The molecule has 1 amide bonds. The Balaban J connectivity index is 2.59. The van der Waals surface area contributed by atoms with Crippen LogP contribution < -0.4 is 5.32 Å². The van der Waals surface area contributed by atoms with Gasteiger partial charge in [0.2, 0.25) is 0 Å². The molecule has 0 saturated heterocycles. The van der Waals surface area contributed by atoms with Crippen LogP contribution in [-0.4, -0.2) is 30.1 Å². The number of nitrogens with one attached hydrogen (secondary N) is 1. The van der Waals surface area contributed by atoms with E-state index >= 15 is 0 Å². The van der Waals surface area contributed by atoms with Crippen LogP contribution in [0, 0.1) is 5.92 Å². The van der Waals surface area contributed by atoms with Crippen molar-refractivity contribution in [2.75, 3.05) is 13.2 Å². The Labute approximate surface area is 118 Å². The van der Waals surface area contributed by atoms with E-state index in [2.05, 4.69) is 5.32 Å². The predicted molar refractivity (Wildman–Crippen MR) is 75.2 cm³/mol. The molecule has 0 radical (unpaired) electrons. The fraction of sp³-hybridized carbons (Fsp3) is 0.467. The first-order chi connectivity index (χ1) is 9.54. The van der Waals surface area contributed by atoms with Gasteiger partial charge >= 0.3 is 5.97 Å². The second kappa shape index (κ2) is 8.32. The molecular formula is C15H21NO4. The number of amides is 1. The lowest BCUT2D eigenvalue weighted by Crippen LogP contribution is -2.34. The van der Waals surface area contributed by atoms with Gasteiger partial charge in [-0.05, 0) is 18.4 Å². The summed E-state index contributed by atoms with van der Waals surface area (Å²) in [7, 11) is 0. The zero-order valence-corrected chi connectivity index (χ0v) is 11.8. The fourth-order valence-electron chi connectivity index (χ4n) is 1.86. The summed E-state index contributed by atoms with van der Waals surface area (Å²) in [5.41, 5.74) is 0.790. The van der Waals surface area contributed by atoms with E-state index in [1.54, 1.807) is 6.92 Å². The maximum Gasteiger partial charge on any atom is 0.303 e. The molecule has 2 atom stereocenters. The van der Waals surface area contributed by atoms with Crippen LogP contribution in [0.4, 0.5) is 0 Å². The first-order valence-corrected chi connectivity index (χ1v) is 6.70. The van der Waals surface area contributed by atoms with Gasteiger partial charge in [-0.2, -0.15) is 0 Å². The Morgan fingerprint density at radius 1 is 1.30 bits per heavy atom. The number of carbonyl (C=O) groups is 2. The Morgan fingerprint density at radius 2 is 1.95 bits per heavy atom. The standard InChI is InChI=1S/C15H21NO4/c1-3-20-14(12-7-5-4-6-8-12)15(19)16-10-11(2)9-13(17)18/h4-8,11,14H,3,9-10H2,1-2H3,(H,16,19)(H,17,18). The average Bonchev–Trinajstić information content (AvgIpc) is 2.42. The molecule has 5 heteroatoms. The number of rotatable bonds is 8. The minimum Gasteiger partial charge on any atom is -0.481 e. The van der Waals surface area contributed by atoms with Crippen LogP contribution in [0.3, 0.4) is 0 Å². The van der Waals surface area contributed by atoms with Crippen LogP contribution in [0.1, 0.15) is 31.9 Å². The molecule has 0 aromatic heterocycles. The summed E-state index contributed by atoms with van der Waals surface area (Å²) < 4.78 is 5.47. The van der Waals surface area contributed by atoms with Gasteiger partial charge in [-0.1, -0.05) is 37.3 Å². The van der Waals surface area contributed by atoms with E-state index in [-0.39, 0.29) is 18.2 Å². The van der Waals surface area contributed by atoms with Gasteiger partial charge in [-0.15, -0.1) is 0 Å². The Morgan fingerprint density at radius 3 is 2.50 bits per heavy atom. The number of hydrogen-bond donors (Lipinski definition) is 2. The van der Waals surface area contributed by atoms with Crippen molar-refractivity contribution in [3.8, 4) is 0 Å². The summed E-state index contributed by atoms with van der Waals surface area (Å²) in [6.07, 6.45) is -0.622. The molecule has 20 heavy (non-hydrogen) atoms. The van der Waals surface area contributed by atoms with Crippen LogP contribution >= 0.6 is 0 Å². The first-order valence-electron chi connectivity index (χ1n) is 6.70. The molecule has 0 aliphatic rings. The Bertz CT molecular complexity index is 433. The van der Waals surface area contributed by atoms with E-state index in [9.17, 15) is 9.59 Å². The molecule has 1 aromatic rings. The summed E-state index contributed by atoms with van der Waals surface area (Å²) in [5, 5.41) is 11.4. The first kappa shape index (κ1) is 16.2. The third kappa shape index (κ3) is 5.40. The molecule has 1 rings (SSSR count). The largest absolute Gasteiger partial charge is 0.481 e. The third-order valence-electron chi connectivity index (χ3n) is 2.82. The maximum atomic E-state index is 12.1. The number of ether oxygens (including phenoxy) is 1. The van der Waals surface area contributed by atoms with Gasteiger partial charge in [0.25, 0.3) is 5.91 Å². The van der Waals surface area contributed by atoms with E-state index < -0.39 is 12.1 Å². The normalized spacial score (nSPS) is 13.5. The van der Waals surface area contributed by atoms with Gasteiger partial charge in [0.1, 0.15) is 0 Å². The van der Waals surface area contributed by atoms with Crippen LogP contribution in [0.25, 0.3) is 0 Å². The summed E-state index contributed by atoms with van der Waals surface area (Å²) in [4.78, 5) is 22.7. The van der Waals surface area contributed by atoms with Gasteiger partial charge < -0.3 is 15.2 Å². The lowest BCUT2D eigenvalue weighted by Gasteiger charge is -2.18. The van der Waals surface area contributed by atoms with Crippen molar-refractivity contribution in [3.05, 3.63) is 35.9 Å². The third-order valence-corrected chi connectivity index (χ3v) is 2.82. The highest BCUT2D eigenvalue weighted by Gasteiger charge is 2.21. The molecule has 0 saturated carbocycles. The molecule has 2 N–H and O–H groups in total. The summed E-state index contributed by atoms with van der Waals surface area (Å²) in [6, 6.07) is 9.24. The summed E-state index contributed by atoms with van der Waals surface area (Å²) in [6.45, 7) is 4.36. The molecular weight excluding hydrogens is 258 g/mol. The van der Waals surface area contributed by atoms with Gasteiger partial charge in [0.15, 0.2) is 6.10 Å². The quantitative estimate of drug-likeness (QED) is 0.763. The van der Waals surface area contributed by atoms with Gasteiger partial charge in [0, 0.05) is 19.6 Å².